The molecule has 0 radical (unpaired) electrons. The Hall–Kier alpha value is -1.77. The van der Waals surface area contributed by atoms with Gasteiger partial charge in [-0.05, 0) is 27.7 Å². The van der Waals surface area contributed by atoms with E-state index in [-0.39, 0.29) is 11.7 Å². The summed E-state index contributed by atoms with van der Waals surface area (Å²) in [5.74, 6) is 0. The molecule has 0 saturated carbocycles. The molecule has 112 valence electrons. The van der Waals surface area contributed by atoms with E-state index >= 15 is 0 Å². The van der Waals surface area contributed by atoms with Crippen molar-refractivity contribution in [3.8, 4) is 0 Å². The van der Waals surface area contributed by atoms with Crippen LogP contribution in [-0.4, -0.2) is 41.5 Å². The average molecular weight is 302 g/mol. The van der Waals surface area contributed by atoms with E-state index in [0.29, 0.717) is 11.4 Å². The lowest BCUT2D eigenvalue weighted by Gasteiger charge is -2.19. The van der Waals surface area contributed by atoms with Crippen LogP contribution >= 0.6 is 0 Å². The molecular weight excluding hydrogens is 284 g/mol. The molecule has 0 aliphatic rings. The molecule has 1 aromatic heterocycles. The lowest BCUT2D eigenvalue weighted by molar-refractivity contribution is 0.0522. The molecule has 0 spiro atoms. The maximum Gasteiger partial charge on any atom is 0.407 e. The molecule has 0 bridgehead atoms. The van der Waals surface area contributed by atoms with Gasteiger partial charge in [0.15, 0.2) is 0 Å². The summed E-state index contributed by atoms with van der Waals surface area (Å²) in [7, 11) is -3.49. The first kappa shape index (κ1) is 16.3. The lowest BCUT2D eigenvalue weighted by Crippen LogP contribution is -2.32. The Balaban J connectivity index is 2.73. The van der Waals surface area contributed by atoms with E-state index < -0.39 is 21.5 Å². The highest BCUT2D eigenvalue weighted by molar-refractivity contribution is 7.90. The SMILES string of the molecule is Cc1nc(S(C)(=O)=O)nnc1CNC(=O)OC(C)(C)C. The van der Waals surface area contributed by atoms with Crippen LogP contribution in [0.5, 0.6) is 0 Å². The normalized spacial score (nSPS) is 12.1. The van der Waals surface area contributed by atoms with Crippen LogP contribution in [0.4, 0.5) is 4.79 Å². The molecule has 1 aromatic rings. The van der Waals surface area contributed by atoms with Gasteiger partial charge < -0.3 is 10.1 Å². The van der Waals surface area contributed by atoms with Gasteiger partial charge >= 0.3 is 6.09 Å². The van der Waals surface area contributed by atoms with Crippen LogP contribution in [-0.2, 0) is 21.1 Å². The number of nitrogens with one attached hydrogen (secondary N) is 1. The molecular formula is C11H18N4O4S. The van der Waals surface area contributed by atoms with Gasteiger partial charge in [0.05, 0.1) is 12.2 Å². The number of alkyl carbamates (subject to hydrolysis) is 1. The zero-order valence-corrected chi connectivity index (χ0v) is 12.9. The molecule has 1 N–H and O–H groups in total. The number of nitrogens with zero attached hydrogens (tertiary/aromatic N) is 3. The van der Waals surface area contributed by atoms with E-state index in [1.165, 1.54) is 0 Å². The molecule has 8 nitrogen and oxygen atoms in total. The van der Waals surface area contributed by atoms with Crippen LogP contribution in [0.1, 0.15) is 32.2 Å². The predicted octanol–water partition coefficient (Wildman–Crippen LogP) is 0.608. The van der Waals surface area contributed by atoms with Crippen molar-refractivity contribution in [3.05, 3.63) is 11.4 Å². The van der Waals surface area contributed by atoms with Gasteiger partial charge in [0.25, 0.3) is 5.16 Å². The Labute approximate surface area is 117 Å². The summed E-state index contributed by atoms with van der Waals surface area (Å²) in [6.45, 7) is 6.90. The predicted molar refractivity (Wildman–Crippen MR) is 70.7 cm³/mol. The Morgan fingerprint density at radius 1 is 1.30 bits per heavy atom. The average Bonchev–Trinajstić information content (AvgIpc) is 2.23. The first-order chi connectivity index (χ1) is 8.99. The number of hydrogen-bond donors (Lipinski definition) is 1. The zero-order chi connectivity index (χ0) is 15.6. The Morgan fingerprint density at radius 3 is 2.35 bits per heavy atom. The van der Waals surface area contributed by atoms with Crippen LogP contribution in [0.2, 0.25) is 0 Å². The summed E-state index contributed by atoms with van der Waals surface area (Å²) < 4.78 is 27.6. The van der Waals surface area contributed by atoms with Crippen molar-refractivity contribution in [2.45, 2.75) is 45.0 Å². The van der Waals surface area contributed by atoms with Crippen molar-refractivity contribution in [2.24, 2.45) is 0 Å². The van der Waals surface area contributed by atoms with E-state index in [9.17, 15) is 13.2 Å². The van der Waals surface area contributed by atoms with E-state index in [1.807, 2.05) is 0 Å². The van der Waals surface area contributed by atoms with Gasteiger partial charge in [-0.2, -0.15) is 0 Å². The molecule has 1 heterocycles. The highest BCUT2D eigenvalue weighted by atomic mass is 32.2. The number of sulfone groups is 1. The minimum atomic E-state index is -3.49. The van der Waals surface area contributed by atoms with Crippen LogP contribution < -0.4 is 5.32 Å². The van der Waals surface area contributed by atoms with Gasteiger partial charge in [-0.3, -0.25) is 0 Å². The van der Waals surface area contributed by atoms with Crippen molar-refractivity contribution in [1.82, 2.24) is 20.5 Å². The quantitative estimate of drug-likeness (QED) is 0.870. The first-order valence-electron chi connectivity index (χ1n) is 5.86. The van der Waals surface area contributed by atoms with Gasteiger partial charge in [0, 0.05) is 6.26 Å². The van der Waals surface area contributed by atoms with Crippen LogP contribution in [0, 0.1) is 6.92 Å². The summed E-state index contributed by atoms with van der Waals surface area (Å²) in [5, 5.41) is 9.44. The molecule has 1 amide bonds. The number of carbonyl (C=O) groups is 1. The third kappa shape index (κ3) is 5.08. The van der Waals surface area contributed by atoms with Crippen LogP contribution in [0.15, 0.2) is 5.16 Å². The molecule has 0 aliphatic heterocycles. The number of carbonyl (C=O) groups excluding carboxylic acids is 1. The molecule has 0 fully saturated rings. The third-order valence-electron chi connectivity index (χ3n) is 2.07. The zero-order valence-electron chi connectivity index (χ0n) is 12.1. The number of aromatic nitrogens is 3. The van der Waals surface area contributed by atoms with Gasteiger partial charge in [0.2, 0.25) is 9.84 Å². The molecule has 0 saturated heterocycles. The summed E-state index contributed by atoms with van der Waals surface area (Å²) in [6, 6.07) is 0. The van der Waals surface area contributed by atoms with Gasteiger partial charge in [-0.25, -0.2) is 18.2 Å². The maximum atomic E-state index is 11.5. The number of aryl methyl sites for hydroxylation is 1. The van der Waals surface area contributed by atoms with E-state index in [0.717, 1.165) is 6.26 Å². The second-order valence-electron chi connectivity index (χ2n) is 5.25. The van der Waals surface area contributed by atoms with Crippen molar-refractivity contribution < 1.29 is 17.9 Å². The van der Waals surface area contributed by atoms with Gasteiger partial charge in [-0.1, -0.05) is 0 Å². The Kier molecular flexibility index (Phi) is 4.64. The van der Waals surface area contributed by atoms with Gasteiger partial charge in [-0.15, -0.1) is 10.2 Å². The molecule has 0 atom stereocenters. The van der Waals surface area contributed by atoms with E-state index in [2.05, 4.69) is 20.5 Å². The highest BCUT2D eigenvalue weighted by Gasteiger charge is 2.17. The second-order valence-corrected chi connectivity index (χ2v) is 7.16. The van der Waals surface area contributed by atoms with E-state index in [1.54, 1.807) is 27.7 Å². The topological polar surface area (TPSA) is 111 Å². The third-order valence-corrected chi connectivity index (χ3v) is 2.90. The molecule has 9 heteroatoms. The number of rotatable bonds is 3. The summed E-state index contributed by atoms with van der Waals surface area (Å²) in [5.41, 5.74) is 0.170. The monoisotopic (exact) mass is 302 g/mol. The Morgan fingerprint density at radius 2 is 1.90 bits per heavy atom. The smallest absolute Gasteiger partial charge is 0.407 e. The summed E-state index contributed by atoms with van der Waals surface area (Å²) >= 11 is 0. The fraction of sp³-hybridized carbons (Fsp3) is 0.636. The highest BCUT2D eigenvalue weighted by Crippen LogP contribution is 2.08. The summed E-state index contributed by atoms with van der Waals surface area (Å²) in [4.78, 5) is 15.3. The van der Waals surface area contributed by atoms with Crippen molar-refractivity contribution in [1.29, 1.82) is 0 Å². The standard InChI is InChI=1S/C11H18N4O4S/c1-7-8(6-12-10(16)19-11(2,3)4)14-15-9(13-7)20(5,17)18/h6H2,1-5H3,(H,12,16). The second kappa shape index (κ2) is 5.70. The minimum absolute atomic E-state index is 0.0603. The largest absolute Gasteiger partial charge is 0.444 e. The first-order valence-corrected chi connectivity index (χ1v) is 7.75. The molecule has 20 heavy (non-hydrogen) atoms. The molecule has 0 unspecified atom stereocenters. The Bertz CT molecular complexity index is 607. The van der Waals surface area contributed by atoms with Gasteiger partial charge in [0.1, 0.15) is 11.3 Å². The molecule has 0 aromatic carbocycles. The number of hydrogen-bond acceptors (Lipinski definition) is 7. The number of ether oxygens (including phenoxy) is 1. The minimum Gasteiger partial charge on any atom is -0.444 e. The number of amides is 1. The fourth-order valence-electron chi connectivity index (χ4n) is 1.20. The maximum absolute atomic E-state index is 11.5. The molecule has 1 rings (SSSR count). The molecule has 0 aliphatic carbocycles. The van der Waals surface area contributed by atoms with Crippen molar-refractivity contribution in [2.75, 3.05) is 6.26 Å². The van der Waals surface area contributed by atoms with E-state index in [4.69, 9.17) is 4.74 Å². The van der Waals surface area contributed by atoms with Crippen molar-refractivity contribution >= 4 is 15.9 Å². The lowest BCUT2D eigenvalue weighted by atomic mass is 10.2. The van der Waals surface area contributed by atoms with Crippen molar-refractivity contribution in [3.63, 3.8) is 0 Å². The fourth-order valence-corrected chi connectivity index (χ4v) is 1.69. The summed E-state index contributed by atoms with van der Waals surface area (Å²) in [6.07, 6.45) is 0.410. The van der Waals surface area contributed by atoms with Crippen LogP contribution in [0.25, 0.3) is 0 Å². The van der Waals surface area contributed by atoms with Crippen LogP contribution in [0.3, 0.4) is 0 Å².